The molecule has 96 valence electrons. The van der Waals surface area contributed by atoms with Gasteiger partial charge in [0.25, 0.3) is 0 Å². The number of hydrogen-bond donors (Lipinski definition) is 0. The third-order valence-electron chi connectivity index (χ3n) is 4.20. The Morgan fingerprint density at radius 2 is 1.56 bits per heavy atom. The molecular weight excluding hydrogens is 311 g/mol. The Hall–Kier alpha value is -1.03. The van der Waals surface area contributed by atoms with Gasteiger partial charge in [0, 0.05) is 20.4 Å². The minimum absolute atomic E-state index is 0. The second-order valence-electron chi connectivity index (χ2n) is 5.16. The van der Waals surface area contributed by atoms with Crippen LogP contribution in [0.5, 0.6) is 0 Å². The Kier molecular flexibility index (Phi) is 3.67. The number of benzene rings is 2. The van der Waals surface area contributed by atoms with Crippen LogP contribution in [-0.4, -0.2) is 0 Å². The summed E-state index contributed by atoms with van der Waals surface area (Å²) < 4.78 is 0. The van der Waals surface area contributed by atoms with Crippen molar-refractivity contribution >= 4 is 0 Å². The van der Waals surface area contributed by atoms with Gasteiger partial charge in [-0.1, -0.05) is 62.2 Å². The predicted molar refractivity (Wildman–Crippen MR) is 72.0 cm³/mol. The van der Waals surface area contributed by atoms with Gasteiger partial charge in [0.1, 0.15) is 0 Å². The minimum Gasteiger partial charge on any atom is -0.185 e. The number of rotatable bonds is 1. The van der Waals surface area contributed by atoms with E-state index in [-0.39, 0.29) is 25.8 Å². The smallest absolute Gasteiger partial charge is 0 e. The van der Waals surface area contributed by atoms with E-state index < -0.39 is 0 Å². The van der Waals surface area contributed by atoms with Gasteiger partial charge >= 0.3 is 0 Å². The summed E-state index contributed by atoms with van der Waals surface area (Å²) in [4.78, 5) is 0. The molecule has 1 heteroatoms. The van der Waals surface area contributed by atoms with Crippen molar-refractivity contribution in [2.45, 2.75) is 25.7 Å². The van der Waals surface area contributed by atoms with Crippen LogP contribution in [0.2, 0.25) is 0 Å². The molecule has 2 aromatic rings. The molecule has 0 fully saturated rings. The molecule has 0 aromatic heterocycles. The molecule has 0 bridgehead atoms. The molecule has 0 aliphatic heterocycles. The van der Waals surface area contributed by atoms with E-state index in [1.165, 1.54) is 22.6 Å². The van der Waals surface area contributed by atoms with Gasteiger partial charge in [0.15, 0.2) is 0 Å². The summed E-state index contributed by atoms with van der Waals surface area (Å²) >= 11 is 0. The molecule has 18 heavy (non-hydrogen) atoms. The maximum atomic E-state index is 2.36. The molecule has 1 aliphatic carbocycles. The number of fused-ring (bicyclic) bond motifs is 1. The zero-order valence-electron chi connectivity index (χ0n) is 10.7. The van der Waals surface area contributed by atoms with Crippen LogP contribution in [0.1, 0.15) is 30.5 Å². The van der Waals surface area contributed by atoms with Crippen LogP contribution in [-0.2, 0) is 32.3 Å². The van der Waals surface area contributed by atoms with Crippen LogP contribution >= 0.6 is 0 Å². The van der Waals surface area contributed by atoms with E-state index in [0.717, 1.165) is 6.42 Å². The molecule has 2 aromatic carbocycles. The van der Waals surface area contributed by atoms with Crippen molar-refractivity contribution in [2.24, 2.45) is 0 Å². The van der Waals surface area contributed by atoms with E-state index >= 15 is 0 Å². The topological polar surface area (TPSA) is 0 Å². The normalized spacial score (nSPS) is 21.3. The first-order chi connectivity index (χ1) is 8.22. The molecule has 0 saturated carbocycles. The molecule has 0 unspecified atom stereocenters. The van der Waals surface area contributed by atoms with Crippen LogP contribution in [0.15, 0.2) is 54.6 Å². The summed E-state index contributed by atoms with van der Waals surface area (Å²) in [5.74, 6) is 1.50. The van der Waals surface area contributed by atoms with Crippen molar-refractivity contribution < 1.29 is 20.4 Å². The Balaban J connectivity index is 0.00000120. The molecule has 1 aliphatic rings. The summed E-state index contributed by atoms with van der Waals surface area (Å²) in [6.45, 7) is 4.64. The predicted octanol–water partition coefficient (Wildman–Crippen LogP) is 4.14. The quantitative estimate of drug-likeness (QED) is 0.545. The summed E-state index contributed by atoms with van der Waals surface area (Å²) in [6.07, 6.45) is 1.12. The van der Waals surface area contributed by atoms with Crippen molar-refractivity contribution in [3.8, 4) is 0 Å². The Morgan fingerprint density at radius 1 is 0.944 bits per heavy atom. The van der Waals surface area contributed by atoms with Crippen molar-refractivity contribution in [1.29, 1.82) is 0 Å². The molecule has 0 radical (unpaired) electrons. The summed E-state index contributed by atoms with van der Waals surface area (Å²) in [7, 11) is 0. The van der Waals surface area contributed by atoms with Crippen molar-refractivity contribution in [3.05, 3.63) is 77.2 Å². The van der Waals surface area contributed by atoms with Gasteiger partial charge in [-0.15, -0.1) is 17.7 Å². The molecule has 0 N–H and O–H groups in total. The zero-order chi connectivity index (χ0) is 11.9. The van der Waals surface area contributed by atoms with Crippen molar-refractivity contribution in [1.82, 2.24) is 0 Å². The maximum Gasteiger partial charge on any atom is 0 e. The van der Waals surface area contributed by atoms with Crippen LogP contribution < -0.4 is 0 Å². The van der Waals surface area contributed by atoms with Crippen LogP contribution in [0.3, 0.4) is 0 Å². The average molecular weight is 328 g/mol. The second-order valence-corrected chi connectivity index (χ2v) is 5.16. The maximum absolute atomic E-state index is 2.36. The van der Waals surface area contributed by atoms with Gasteiger partial charge in [-0.2, -0.15) is 17.5 Å². The van der Waals surface area contributed by atoms with Gasteiger partial charge < -0.3 is 0 Å². The van der Waals surface area contributed by atoms with E-state index in [4.69, 9.17) is 0 Å². The first-order valence-electron chi connectivity index (χ1n) is 6.20. The van der Waals surface area contributed by atoms with Gasteiger partial charge in [-0.25, -0.2) is 0 Å². The van der Waals surface area contributed by atoms with Gasteiger partial charge in [0.05, 0.1) is 0 Å². The Morgan fingerprint density at radius 3 is 2.22 bits per heavy atom. The fourth-order valence-corrected chi connectivity index (χ4v) is 2.98. The SMILES string of the molecule is C[C-]1c2ccccc2C[C@@]1(C)c1ccccc1.[Pd]. The number of hydrogen-bond acceptors (Lipinski definition) is 0. The molecule has 0 heterocycles. The van der Waals surface area contributed by atoms with Crippen LogP contribution in [0.25, 0.3) is 0 Å². The van der Waals surface area contributed by atoms with Gasteiger partial charge in [0.2, 0.25) is 0 Å². The average Bonchev–Trinajstić information content (AvgIpc) is 2.65. The van der Waals surface area contributed by atoms with Crippen molar-refractivity contribution in [2.75, 3.05) is 0 Å². The van der Waals surface area contributed by atoms with E-state index in [1.54, 1.807) is 0 Å². The largest absolute Gasteiger partial charge is 0.185 e. The fourth-order valence-electron chi connectivity index (χ4n) is 2.98. The fraction of sp³-hybridized carbons (Fsp3) is 0.235. The van der Waals surface area contributed by atoms with E-state index in [9.17, 15) is 0 Å². The van der Waals surface area contributed by atoms with E-state index in [1.807, 2.05) is 0 Å². The molecule has 0 nitrogen and oxygen atoms in total. The Bertz CT molecular complexity index is 532. The second kappa shape index (κ2) is 4.92. The molecule has 0 spiro atoms. The first-order valence-corrected chi connectivity index (χ1v) is 6.20. The van der Waals surface area contributed by atoms with Crippen molar-refractivity contribution in [3.63, 3.8) is 0 Å². The summed E-state index contributed by atoms with van der Waals surface area (Å²) in [6, 6.07) is 19.6. The van der Waals surface area contributed by atoms with E-state index in [0.29, 0.717) is 0 Å². The molecule has 1 atom stereocenters. The van der Waals surface area contributed by atoms with E-state index in [2.05, 4.69) is 68.4 Å². The molecule has 3 rings (SSSR count). The van der Waals surface area contributed by atoms with Gasteiger partial charge in [-0.05, 0) is 5.41 Å². The molecule has 0 amide bonds. The third-order valence-corrected chi connectivity index (χ3v) is 4.20. The first kappa shape index (κ1) is 13.4. The molecular formula is C17H17Pd-. The molecule has 0 saturated heterocycles. The standard InChI is InChI=1S/C17H17.Pd/c1-13-16-11-7-6-8-14(16)12-17(13,2)15-9-4-3-5-10-15;/h3-11H,12H2,1-2H3;/q-1;/t17-;/m1./s1. The zero-order valence-corrected chi connectivity index (χ0v) is 12.3. The minimum atomic E-state index is 0. The Labute approximate surface area is 123 Å². The summed E-state index contributed by atoms with van der Waals surface area (Å²) in [5.41, 5.74) is 4.52. The third kappa shape index (κ3) is 1.92. The monoisotopic (exact) mass is 327 g/mol. The summed E-state index contributed by atoms with van der Waals surface area (Å²) in [5, 5.41) is 0. The van der Waals surface area contributed by atoms with Gasteiger partial charge in [-0.3, -0.25) is 0 Å². The van der Waals surface area contributed by atoms with Crippen LogP contribution in [0, 0.1) is 5.92 Å². The van der Waals surface area contributed by atoms with Crippen LogP contribution in [0.4, 0.5) is 0 Å².